The molecule has 0 saturated heterocycles. The lowest BCUT2D eigenvalue weighted by molar-refractivity contribution is -0.625. The summed E-state index contributed by atoms with van der Waals surface area (Å²) in [4.78, 5) is 23.2. The Morgan fingerprint density at radius 2 is 1.84 bits per heavy atom. The molecule has 194 valence electrons. The Kier molecular flexibility index (Phi) is 8.73. The fraction of sp³-hybridized carbons (Fsp3) is 0.148. The van der Waals surface area contributed by atoms with E-state index in [1.54, 1.807) is 31.4 Å². The van der Waals surface area contributed by atoms with Gasteiger partial charge in [-0.05, 0) is 67.2 Å². The van der Waals surface area contributed by atoms with E-state index in [-0.39, 0.29) is 11.7 Å². The number of hydrogen-bond acceptors (Lipinski definition) is 8. The zero-order valence-corrected chi connectivity index (χ0v) is 21.5. The van der Waals surface area contributed by atoms with Crippen LogP contribution in [0.4, 0.5) is 0 Å². The smallest absolute Gasteiger partial charge is 0.342 e. The quantitative estimate of drug-likeness (QED) is 0.131. The van der Waals surface area contributed by atoms with Crippen LogP contribution in [0.3, 0.4) is 0 Å². The molecule has 0 unspecified atom stereocenters. The maximum absolute atomic E-state index is 12.5. The predicted octanol–water partition coefficient (Wildman–Crippen LogP) is 2.04. The van der Waals surface area contributed by atoms with Crippen molar-refractivity contribution in [2.75, 3.05) is 19.5 Å². The maximum Gasteiger partial charge on any atom is 0.342 e. The molecule has 0 aliphatic carbocycles. The van der Waals surface area contributed by atoms with Gasteiger partial charge in [0.05, 0.1) is 35.7 Å². The number of carbonyl (C=O) groups excluding carboxylic acids is 2. The Bertz CT molecular complexity index is 1440. The first-order chi connectivity index (χ1) is 18.4. The highest BCUT2D eigenvalue weighted by Crippen LogP contribution is 2.22. The number of aliphatic carboxylic acids is 1. The number of aryl methyl sites for hydroxylation is 1. The van der Waals surface area contributed by atoms with Crippen molar-refractivity contribution in [2.24, 2.45) is 5.10 Å². The number of amides is 1. The van der Waals surface area contributed by atoms with Gasteiger partial charge in [-0.3, -0.25) is 4.79 Å². The summed E-state index contributed by atoms with van der Waals surface area (Å²) in [6.07, 6.45) is 1.38. The second-order valence-electron chi connectivity index (χ2n) is 8.03. The molecule has 0 spiro atoms. The maximum atomic E-state index is 12.5. The van der Waals surface area contributed by atoms with E-state index in [4.69, 9.17) is 9.47 Å². The average Bonchev–Trinajstić information content (AvgIpc) is 3.35. The van der Waals surface area contributed by atoms with Gasteiger partial charge in [-0.1, -0.05) is 29.8 Å². The number of aromatic amines is 1. The van der Waals surface area contributed by atoms with Gasteiger partial charge in [-0.2, -0.15) is 9.67 Å². The normalized spacial score (nSPS) is 10.9. The monoisotopic (exact) mass is 531 g/mol. The van der Waals surface area contributed by atoms with E-state index in [2.05, 4.69) is 20.7 Å². The number of rotatable bonds is 11. The molecular formula is C27H25N5O5S. The number of aromatic nitrogens is 3. The molecule has 10 nitrogen and oxygen atoms in total. The van der Waals surface area contributed by atoms with Crippen LogP contribution < -0.4 is 24.6 Å². The molecule has 4 aromatic rings. The summed E-state index contributed by atoms with van der Waals surface area (Å²) in [5, 5.41) is 22.8. The number of hydrazone groups is 1. The molecule has 11 heteroatoms. The van der Waals surface area contributed by atoms with E-state index in [0.717, 1.165) is 28.4 Å². The molecule has 1 amide bonds. The van der Waals surface area contributed by atoms with Crippen LogP contribution in [0, 0.1) is 6.92 Å². The van der Waals surface area contributed by atoms with Crippen molar-refractivity contribution in [3.05, 3.63) is 83.9 Å². The minimum absolute atomic E-state index is 0.0501. The molecule has 0 aliphatic rings. The van der Waals surface area contributed by atoms with E-state index >= 15 is 0 Å². The van der Waals surface area contributed by atoms with Crippen LogP contribution in [0.1, 0.15) is 11.1 Å². The average molecular weight is 532 g/mol. The lowest BCUT2D eigenvalue weighted by Crippen LogP contribution is -2.34. The topological polar surface area (TPSA) is 133 Å². The lowest BCUT2D eigenvalue weighted by Gasteiger charge is -2.09. The molecule has 0 saturated carbocycles. The standard InChI is InChI=1S/C27H25N5O5S/c1-18-7-9-19(10-8-18)26-30-31-27(32(26)21-11-13-22(36-2)14-12-21)38-17-24(33)29-28-15-20-5-3-4-6-23(20)37-16-25(34)35/h3-15H,16-17H2,1-2H3,(H2,29,33,34,35)/b28-15+. The number of carbonyl (C=O) groups is 2. The van der Waals surface area contributed by atoms with Crippen molar-refractivity contribution in [1.29, 1.82) is 0 Å². The van der Waals surface area contributed by atoms with Crippen molar-refractivity contribution in [3.63, 3.8) is 0 Å². The number of methoxy groups -OCH3 is 1. The fourth-order valence-electron chi connectivity index (χ4n) is 3.46. The molecule has 3 aromatic carbocycles. The number of carboxylic acids is 1. The summed E-state index contributed by atoms with van der Waals surface area (Å²) in [5.74, 6) is 0.175. The minimum Gasteiger partial charge on any atom is -0.546 e. The lowest BCUT2D eigenvalue weighted by atomic mass is 10.1. The van der Waals surface area contributed by atoms with Crippen LogP contribution in [0.15, 0.2) is 83.1 Å². The number of nitrogens with one attached hydrogen (secondary N) is 2. The predicted molar refractivity (Wildman–Crippen MR) is 140 cm³/mol. The first-order valence-corrected chi connectivity index (χ1v) is 12.5. The van der Waals surface area contributed by atoms with E-state index < -0.39 is 12.6 Å². The molecular weight excluding hydrogens is 506 g/mol. The molecule has 38 heavy (non-hydrogen) atoms. The summed E-state index contributed by atoms with van der Waals surface area (Å²) in [5.41, 5.74) is 5.92. The van der Waals surface area contributed by atoms with Crippen LogP contribution in [0.5, 0.6) is 11.5 Å². The number of thioether (sulfide) groups is 1. The summed E-state index contributed by atoms with van der Waals surface area (Å²) in [7, 11) is 1.61. The number of para-hydroxylation sites is 1. The number of carboxylic acid groups (broad SMARTS) is 1. The molecule has 0 radical (unpaired) electrons. The number of H-pyrrole nitrogens is 1. The zero-order valence-electron chi connectivity index (χ0n) is 20.7. The van der Waals surface area contributed by atoms with Crippen molar-refractivity contribution in [2.45, 2.75) is 12.1 Å². The van der Waals surface area contributed by atoms with Gasteiger partial charge >= 0.3 is 5.16 Å². The van der Waals surface area contributed by atoms with Crippen molar-refractivity contribution in [1.82, 2.24) is 15.6 Å². The summed E-state index contributed by atoms with van der Waals surface area (Å²) in [6.45, 7) is 1.44. The number of hydrogen-bond donors (Lipinski definition) is 2. The Balaban J connectivity index is 1.48. The first-order valence-electron chi connectivity index (χ1n) is 11.5. The third-order valence-corrected chi connectivity index (χ3v) is 6.26. The first kappa shape index (κ1) is 26.4. The molecule has 0 fully saturated rings. The van der Waals surface area contributed by atoms with Gasteiger partial charge in [0.25, 0.3) is 11.7 Å². The van der Waals surface area contributed by atoms with E-state index in [1.165, 1.54) is 18.0 Å². The minimum atomic E-state index is -1.34. The van der Waals surface area contributed by atoms with Gasteiger partial charge < -0.3 is 19.4 Å². The zero-order chi connectivity index (χ0) is 26.9. The second kappa shape index (κ2) is 12.5. The van der Waals surface area contributed by atoms with Crippen LogP contribution in [-0.2, 0) is 9.59 Å². The van der Waals surface area contributed by atoms with Crippen LogP contribution in [0.25, 0.3) is 17.1 Å². The Hall–Kier alpha value is -4.64. The summed E-state index contributed by atoms with van der Waals surface area (Å²) in [6, 6.07) is 22.3. The molecule has 1 heterocycles. The van der Waals surface area contributed by atoms with E-state index in [0.29, 0.717) is 16.5 Å². The van der Waals surface area contributed by atoms with E-state index in [1.807, 2.05) is 60.0 Å². The third-order valence-electron chi connectivity index (χ3n) is 5.32. The Morgan fingerprint density at radius 3 is 2.55 bits per heavy atom. The largest absolute Gasteiger partial charge is 0.546 e. The van der Waals surface area contributed by atoms with E-state index in [9.17, 15) is 14.7 Å². The number of benzene rings is 3. The van der Waals surface area contributed by atoms with Gasteiger partial charge in [-0.15, -0.1) is 5.10 Å². The molecule has 0 atom stereocenters. The van der Waals surface area contributed by atoms with Crippen LogP contribution in [-0.4, -0.2) is 47.8 Å². The Labute approximate surface area is 223 Å². The SMILES string of the molecule is COc1ccc(-[n+]2c(SCC(=O)N/N=C/c3ccccc3OCC(=O)[O-])n[nH]c2-c2ccc(C)cc2)cc1. The highest BCUT2D eigenvalue weighted by Gasteiger charge is 2.24. The molecule has 1 aromatic heterocycles. The summed E-state index contributed by atoms with van der Waals surface area (Å²) >= 11 is 1.25. The summed E-state index contributed by atoms with van der Waals surface area (Å²) < 4.78 is 12.4. The number of nitrogens with zero attached hydrogens (tertiary/aromatic N) is 3. The third kappa shape index (κ3) is 6.77. The Morgan fingerprint density at radius 1 is 1.11 bits per heavy atom. The molecule has 0 bridgehead atoms. The van der Waals surface area contributed by atoms with Gasteiger partial charge in [0.15, 0.2) is 0 Å². The highest BCUT2D eigenvalue weighted by atomic mass is 32.2. The van der Waals surface area contributed by atoms with Crippen molar-refractivity contribution < 1.29 is 28.7 Å². The number of ether oxygens (including phenoxy) is 2. The van der Waals surface area contributed by atoms with Gasteiger partial charge in [0, 0.05) is 5.56 Å². The second-order valence-corrected chi connectivity index (χ2v) is 8.98. The van der Waals surface area contributed by atoms with Gasteiger partial charge in [-0.25, -0.2) is 5.43 Å². The van der Waals surface area contributed by atoms with Gasteiger partial charge in [0.1, 0.15) is 23.8 Å². The molecule has 2 N–H and O–H groups in total. The van der Waals surface area contributed by atoms with Crippen LogP contribution >= 0.6 is 11.8 Å². The van der Waals surface area contributed by atoms with Gasteiger partial charge in [0.2, 0.25) is 0 Å². The molecule has 0 aliphatic heterocycles. The van der Waals surface area contributed by atoms with Crippen molar-refractivity contribution >= 4 is 29.9 Å². The highest BCUT2D eigenvalue weighted by molar-refractivity contribution is 7.99. The fourth-order valence-corrected chi connectivity index (χ4v) is 4.22. The van der Waals surface area contributed by atoms with Crippen LogP contribution in [0.2, 0.25) is 0 Å². The van der Waals surface area contributed by atoms with Crippen molar-refractivity contribution in [3.8, 4) is 28.6 Å². The molecule has 4 rings (SSSR count).